The first-order valence-corrected chi connectivity index (χ1v) is 4.24. The lowest BCUT2D eigenvalue weighted by Gasteiger charge is -2.05. The minimum atomic E-state index is -0.981. The maximum atomic E-state index is 10.7. The topological polar surface area (TPSA) is 89.6 Å². The van der Waals surface area contributed by atoms with Gasteiger partial charge in [0.15, 0.2) is 0 Å². The maximum Gasteiger partial charge on any atom is 0.333 e. The lowest BCUT2D eigenvalue weighted by molar-refractivity contribution is -0.139. The Morgan fingerprint density at radius 3 is 2.20 bits per heavy atom. The van der Waals surface area contributed by atoms with Gasteiger partial charge in [0.25, 0.3) is 0 Å². The van der Waals surface area contributed by atoms with Crippen molar-refractivity contribution in [3.8, 4) is 0 Å². The SMILES string of the molecule is C=C(C)C(=O)OCC(C)N.C=CC(=O)O. The van der Waals surface area contributed by atoms with Crippen LogP contribution >= 0.6 is 0 Å². The molecule has 0 aliphatic heterocycles. The van der Waals surface area contributed by atoms with E-state index in [0.29, 0.717) is 5.57 Å². The smallest absolute Gasteiger partial charge is 0.333 e. The molecule has 1 atom stereocenters. The van der Waals surface area contributed by atoms with Crippen LogP contribution in [-0.4, -0.2) is 29.7 Å². The molecule has 0 fully saturated rings. The Morgan fingerprint density at radius 1 is 1.60 bits per heavy atom. The molecular formula is C10H17NO4. The van der Waals surface area contributed by atoms with Crippen LogP contribution in [0.5, 0.6) is 0 Å². The highest BCUT2D eigenvalue weighted by molar-refractivity contribution is 5.86. The second-order valence-electron chi connectivity index (χ2n) is 2.90. The highest BCUT2D eigenvalue weighted by atomic mass is 16.5. The number of ether oxygens (including phenoxy) is 1. The minimum Gasteiger partial charge on any atom is -0.478 e. The molecule has 1 unspecified atom stereocenters. The lowest BCUT2D eigenvalue weighted by Crippen LogP contribution is -2.24. The van der Waals surface area contributed by atoms with Gasteiger partial charge in [-0.1, -0.05) is 13.2 Å². The number of aliphatic carboxylic acids is 1. The Bertz CT molecular complexity index is 246. The molecule has 0 aromatic rings. The Morgan fingerprint density at radius 2 is 2.00 bits per heavy atom. The van der Waals surface area contributed by atoms with Gasteiger partial charge in [0.2, 0.25) is 0 Å². The van der Waals surface area contributed by atoms with Gasteiger partial charge in [0, 0.05) is 17.7 Å². The normalized spacial score (nSPS) is 10.3. The van der Waals surface area contributed by atoms with Gasteiger partial charge in [-0.15, -0.1) is 0 Å². The van der Waals surface area contributed by atoms with Crippen molar-refractivity contribution in [1.29, 1.82) is 0 Å². The number of hydrogen-bond donors (Lipinski definition) is 2. The maximum absolute atomic E-state index is 10.7. The number of nitrogens with two attached hydrogens (primary N) is 1. The molecule has 5 heteroatoms. The fraction of sp³-hybridized carbons (Fsp3) is 0.400. The van der Waals surface area contributed by atoms with E-state index in [-0.39, 0.29) is 18.6 Å². The van der Waals surface area contributed by atoms with Crippen LogP contribution in [-0.2, 0) is 14.3 Å². The number of hydrogen-bond acceptors (Lipinski definition) is 4. The fourth-order valence-electron chi connectivity index (χ4n) is 0.330. The van der Waals surface area contributed by atoms with Crippen LogP contribution in [0.1, 0.15) is 13.8 Å². The van der Waals surface area contributed by atoms with Crippen LogP contribution in [0.25, 0.3) is 0 Å². The molecule has 15 heavy (non-hydrogen) atoms. The number of carboxylic acid groups (broad SMARTS) is 1. The summed E-state index contributed by atoms with van der Waals surface area (Å²) in [6.45, 7) is 10.0. The lowest BCUT2D eigenvalue weighted by atomic mass is 10.3. The van der Waals surface area contributed by atoms with E-state index in [1.165, 1.54) is 0 Å². The summed E-state index contributed by atoms with van der Waals surface area (Å²) >= 11 is 0. The third-order valence-corrected chi connectivity index (χ3v) is 1.00. The number of carbonyl (C=O) groups is 2. The first-order valence-electron chi connectivity index (χ1n) is 4.24. The van der Waals surface area contributed by atoms with E-state index in [1.807, 2.05) is 0 Å². The van der Waals surface area contributed by atoms with Gasteiger partial charge in [-0.2, -0.15) is 0 Å². The molecular weight excluding hydrogens is 198 g/mol. The molecule has 3 N–H and O–H groups in total. The van der Waals surface area contributed by atoms with Crippen molar-refractivity contribution < 1.29 is 19.4 Å². The van der Waals surface area contributed by atoms with Gasteiger partial charge >= 0.3 is 11.9 Å². The van der Waals surface area contributed by atoms with Crippen LogP contribution in [0.2, 0.25) is 0 Å². The van der Waals surface area contributed by atoms with E-state index in [9.17, 15) is 9.59 Å². The van der Waals surface area contributed by atoms with Crippen molar-refractivity contribution in [2.24, 2.45) is 5.73 Å². The molecule has 0 aromatic carbocycles. The van der Waals surface area contributed by atoms with Crippen molar-refractivity contribution in [3.63, 3.8) is 0 Å². The summed E-state index contributed by atoms with van der Waals surface area (Å²) in [5.41, 5.74) is 5.74. The Kier molecular flexibility index (Phi) is 9.45. The number of carboxylic acids is 1. The van der Waals surface area contributed by atoms with Crippen LogP contribution < -0.4 is 5.73 Å². The van der Waals surface area contributed by atoms with Crippen LogP contribution in [0, 0.1) is 0 Å². The van der Waals surface area contributed by atoms with Crippen molar-refractivity contribution in [3.05, 3.63) is 24.8 Å². The first kappa shape index (κ1) is 15.8. The van der Waals surface area contributed by atoms with E-state index in [2.05, 4.69) is 13.2 Å². The third-order valence-electron chi connectivity index (χ3n) is 1.00. The Balaban J connectivity index is 0. The summed E-state index contributed by atoms with van der Waals surface area (Å²) in [7, 11) is 0. The molecule has 0 aromatic heterocycles. The number of carbonyl (C=O) groups excluding carboxylic acids is 1. The molecule has 0 rings (SSSR count). The molecule has 0 aliphatic rings. The van der Waals surface area contributed by atoms with Crippen LogP contribution in [0.4, 0.5) is 0 Å². The summed E-state index contributed by atoms with van der Waals surface area (Å²) in [5, 5.41) is 7.60. The van der Waals surface area contributed by atoms with Gasteiger partial charge in [-0.05, 0) is 13.8 Å². The molecule has 0 radical (unpaired) electrons. The molecule has 5 nitrogen and oxygen atoms in total. The van der Waals surface area contributed by atoms with Gasteiger partial charge in [0.05, 0.1) is 0 Å². The molecule has 0 amide bonds. The van der Waals surface area contributed by atoms with Crippen molar-refractivity contribution in [2.75, 3.05) is 6.61 Å². The van der Waals surface area contributed by atoms with Gasteiger partial charge in [-0.3, -0.25) is 0 Å². The van der Waals surface area contributed by atoms with Crippen LogP contribution in [0.3, 0.4) is 0 Å². The quantitative estimate of drug-likeness (QED) is 0.532. The molecule has 0 aliphatic carbocycles. The average molecular weight is 215 g/mol. The predicted molar refractivity (Wildman–Crippen MR) is 57.3 cm³/mol. The van der Waals surface area contributed by atoms with Gasteiger partial charge < -0.3 is 15.6 Å². The van der Waals surface area contributed by atoms with E-state index in [4.69, 9.17) is 15.6 Å². The third kappa shape index (κ3) is 15.2. The second-order valence-corrected chi connectivity index (χ2v) is 2.90. The molecule has 0 bridgehead atoms. The minimum absolute atomic E-state index is 0.108. The van der Waals surface area contributed by atoms with E-state index >= 15 is 0 Å². The molecule has 0 saturated carbocycles. The van der Waals surface area contributed by atoms with Crippen LogP contribution in [0.15, 0.2) is 24.8 Å². The van der Waals surface area contributed by atoms with E-state index in [0.717, 1.165) is 6.08 Å². The monoisotopic (exact) mass is 215 g/mol. The van der Waals surface area contributed by atoms with E-state index < -0.39 is 5.97 Å². The standard InChI is InChI=1S/C7H13NO2.C3H4O2/c1-5(2)7(9)10-4-6(3)8;1-2-3(4)5/h6H,1,4,8H2,2-3H3;2H,1H2,(H,4,5). The summed E-state index contributed by atoms with van der Waals surface area (Å²) in [6, 6.07) is -0.108. The first-order chi connectivity index (χ1) is 6.81. The average Bonchev–Trinajstić information content (AvgIpc) is 2.14. The van der Waals surface area contributed by atoms with Gasteiger partial charge in [0.1, 0.15) is 6.61 Å². The van der Waals surface area contributed by atoms with Gasteiger partial charge in [-0.25, -0.2) is 9.59 Å². The highest BCUT2D eigenvalue weighted by Gasteiger charge is 2.03. The summed E-state index contributed by atoms with van der Waals surface area (Å²) < 4.78 is 4.70. The Labute approximate surface area is 89.2 Å². The zero-order valence-corrected chi connectivity index (χ0v) is 9.03. The number of esters is 1. The highest BCUT2D eigenvalue weighted by Crippen LogP contribution is 1.91. The van der Waals surface area contributed by atoms with E-state index in [1.54, 1.807) is 13.8 Å². The van der Waals surface area contributed by atoms with Crippen molar-refractivity contribution >= 4 is 11.9 Å². The molecule has 0 spiro atoms. The molecule has 0 heterocycles. The van der Waals surface area contributed by atoms with Crippen molar-refractivity contribution in [2.45, 2.75) is 19.9 Å². The summed E-state index contributed by atoms with van der Waals surface area (Å²) in [4.78, 5) is 19.9. The zero-order chi connectivity index (χ0) is 12.4. The summed E-state index contributed by atoms with van der Waals surface area (Å²) in [6.07, 6.45) is 0.833. The predicted octanol–water partition coefficient (Wildman–Crippen LogP) is 0.710. The van der Waals surface area contributed by atoms with Crippen molar-refractivity contribution in [1.82, 2.24) is 0 Å². The second kappa shape index (κ2) is 8.96. The fourth-order valence-corrected chi connectivity index (χ4v) is 0.330. The molecule has 86 valence electrons. The Hall–Kier alpha value is -1.62. The largest absolute Gasteiger partial charge is 0.478 e. The molecule has 0 saturated heterocycles. The zero-order valence-electron chi connectivity index (χ0n) is 9.03. The summed E-state index contributed by atoms with van der Waals surface area (Å²) in [5.74, 6) is -1.36. The number of rotatable bonds is 4.